The van der Waals surface area contributed by atoms with Crippen LogP contribution in [-0.4, -0.2) is 24.4 Å². The molecule has 6 heteroatoms. The molecule has 1 atom stereocenters. The third kappa shape index (κ3) is 4.17. The Kier molecular flexibility index (Phi) is 5.04. The van der Waals surface area contributed by atoms with Gasteiger partial charge in [0.2, 0.25) is 0 Å². The van der Waals surface area contributed by atoms with Crippen LogP contribution in [0.2, 0.25) is 0 Å². The Morgan fingerprint density at radius 1 is 1.39 bits per heavy atom. The molecule has 0 aromatic heterocycles. The van der Waals surface area contributed by atoms with E-state index in [1.54, 1.807) is 32.0 Å². The van der Waals surface area contributed by atoms with Gasteiger partial charge in [0.25, 0.3) is 0 Å². The van der Waals surface area contributed by atoms with E-state index < -0.39 is 18.8 Å². The lowest BCUT2D eigenvalue weighted by atomic mass is 10.1. The van der Waals surface area contributed by atoms with Gasteiger partial charge in [0, 0.05) is 16.7 Å². The summed E-state index contributed by atoms with van der Waals surface area (Å²) in [7, 11) is 0. The monoisotopic (exact) mass is 325 g/mol. The summed E-state index contributed by atoms with van der Waals surface area (Å²) in [5, 5.41) is 9.45. The van der Waals surface area contributed by atoms with E-state index in [1.165, 1.54) is 4.90 Å². The second-order valence-corrected chi connectivity index (χ2v) is 4.87. The molecule has 1 rings (SSSR count). The molecule has 0 saturated heterocycles. The standard InChI is InChI=1S/C12H15BrF3NO/c1-3-17(7-12(14,15)16)9-4-5-10(8(2)18)11(13)6-9/h4-6,8,18H,3,7H2,1-2H3. The Morgan fingerprint density at radius 2 is 2.00 bits per heavy atom. The van der Waals surface area contributed by atoms with E-state index in [0.717, 1.165) is 0 Å². The SMILES string of the molecule is CCN(CC(F)(F)F)c1ccc(C(C)O)c(Br)c1. The van der Waals surface area contributed by atoms with E-state index in [1.807, 2.05) is 0 Å². The molecule has 0 saturated carbocycles. The van der Waals surface area contributed by atoms with Crippen molar-refractivity contribution >= 4 is 21.6 Å². The van der Waals surface area contributed by atoms with Crippen molar-refractivity contribution in [3.05, 3.63) is 28.2 Å². The van der Waals surface area contributed by atoms with Crippen molar-refractivity contribution in [1.82, 2.24) is 0 Å². The summed E-state index contributed by atoms with van der Waals surface area (Å²) in [4.78, 5) is 1.23. The average Bonchev–Trinajstić information content (AvgIpc) is 2.24. The molecule has 0 aliphatic carbocycles. The number of aliphatic hydroxyl groups excluding tert-OH is 1. The summed E-state index contributed by atoms with van der Waals surface area (Å²) in [6.45, 7) is 2.55. The predicted molar refractivity (Wildman–Crippen MR) is 68.7 cm³/mol. The fraction of sp³-hybridized carbons (Fsp3) is 0.500. The van der Waals surface area contributed by atoms with Gasteiger partial charge in [0.1, 0.15) is 6.54 Å². The van der Waals surface area contributed by atoms with Crippen LogP contribution in [0.1, 0.15) is 25.5 Å². The summed E-state index contributed by atoms with van der Waals surface area (Å²) in [6.07, 6.45) is -4.89. The Labute approximate surface area is 113 Å². The zero-order valence-electron chi connectivity index (χ0n) is 10.1. The number of nitrogens with zero attached hydrogens (tertiary/aromatic N) is 1. The molecule has 0 heterocycles. The first kappa shape index (κ1) is 15.3. The number of hydrogen-bond donors (Lipinski definition) is 1. The van der Waals surface area contributed by atoms with Gasteiger partial charge in [-0.2, -0.15) is 13.2 Å². The average molecular weight is 326 g/mol. The van der Waals surface area contributed by atoms with Crippen molar-refractivity contribution in [3.63, 3.8) is 0 Å². The molecule has 2 nitrogen and oxygen atoms in total. The zero-order chi connectivity index (χ0) is 13.9. The Bertz CT molecular complexity index is 407. The minimum atomic E-state index is -4.23. The van der Waals surface area contributed by atoms with Gasteiger partial charge in [-0.05, 0) is 31.5 Å². The van der Waals surface area contributed by atoms with Gasteiger partial charge in [0.05, 0.1) is 6.10 Å². The first-order chi connectivity index (χ1) is 8.24. The summed E-state index contributed by atoms with van der Waals surface area (Å²) >= 11 is 3.26. The van der Waals surface area contributed by atoms with E-state index >= 15 is 0 Å². The maximum Gasteiger partial charge on any atom is 0.405 e. The van der Waals surface area contributed by atoms with Gasteiger partial charge in [0.15, 0.2) is 0 Å². The van der Waals surface area contributed by atoms with Gasteiger partial charge in [-0.25, -0.2) is 0 Å². The summed E-state index contributed by atoms with van der Waals surface area (Å²) in [5.41, 5.74) is 1.13. The molecule has 1 aromatic carbocycles. The normalized spacial score (nSPS) is 13.5. The second-order valence-electron chi connectivity index (χ2n) is 4.01. The first-order valence-electron chi connectivity index (χ1n) is 5.53. The van der Waals surface area contributed by atoms with E-state index in [4.69, 9.17) is 0 Å². The molecule has 0 aliphatic heterocycles. The van der Waals surface area contributed by atoms with Crippen LogP contribution in [-0.2, 0) is 0 Å². The Hall–Kier alpha value is -0.750. The molecule has 1 N–H and O–H groups in total. The summed E-state index contributed by atoms with van der Waals surface area (Å²) in [5.74, 6) is 0. The maximum atomic E-state index is 12.4. The van der Waals surface area contributed by atoms with Gasteiger partial charge < -0.3 is 10.0 Å². The molecular formula is C12H15BrF3NO. The fourth-order valence-electron chi connectivity index (χ4n) is 1.65. The topological polar surface area (TPSA) is 23.5 Å². The number of benzene rings is 1. The van der Waals surface area contributed by atoms with Gasteiger partial charge >= 0.3 is 6.18 Å². The Morgan fingerprint density at radius 3 is 2.39 bits per heavy atom. The van der Waals surface area contributed by atoms with Crippen molar-refractivity contribution in [2.45, 2.75) is 26.1 Å². The molecule has 0 aliphatic rings. The van der Waals surface area contributed by atoms with Crippen molar-refractivity contribution < 1.29 is 18.3 Å². The third-order valence-electron chi connectivity index (χ3n) is 2.55. The van der Waals surface area contributed by atoms with E-state index in [-0.39, 0.29) is 6.54 Å². The lowest BCUT2D eigenvalue weighted by Crippen LogP contribution is -2.34. The molecule has 1 unspecified atom stereocenters. The van der Waals surface area contributed by atoms with E-state index in [9.17, 15) is 18.3 Å². The number of aliphatic hydroxyl groups is 1. The van der Waals surface area contributed by atoms with Crippen molar-refractivity contribution in [2.75, 3.05) is 18.0 Å². The van der Waals surface area contributed by atoms with Gasteiger partial charge in [-0.1, -0.05) is 22.0 Å². The molecule has 18 heavy (non-hydrogen) atoms. The third-order valence-corrected chi connectivity index (χ3v) is 3.24. The van der Waals surface area contributed by atoms with Crippen molar-refractivity contribution in [3.8, 4) is 0 Å². The number of rotatable bonds is 4. The number of hydrogen-bond acceptors (Lipinski definition) is 2. The summed E-state index contributed by atoms with van der Waals surface area (Å²) in [6, 6.07) is 4.81. The van der Waals surface area contributed by atoms with E-state index in [2.05, 4.69) is 15.9 Å². The van der Waals surface area contributed by atoms with Crippen molar-refractivity contribution in [2.24, 2.45) is 0 Å². The molecule has 0 bridgehead atoms. The molecule has 0 amide bonds. The smallest absolute Gasteiger partial charge is 0.389 e. The van der Waals surface area contributed by atoms with Gasteiger partial charge in [-0.3, -0.25) is 0 Å². The van der Waals surface area contributed by atoms with Crippen LogP contribution in [0.3, 0.4) is 0 Å². The largest absolute Gasteiger partial charge is 0.405 e. The molecule has 0 spiro atoms. The number of alkyl halides is 3. The quantitative estimate of drug-likeness (QED) is 0.907. The highest BCUT2D eigenvalue weighted by Crippen LogP contribution is 2.29. The highest BCUT2D eigenvalue weighted by atomic mass is 79.9. The highest BCUT2D eigenvalue weighted by molar-refractivity contribution is 9.10. The van der Waals surface area contributed by atoms with Crippen LogP contribution in [0.15, 0.2) is 22.7 Å². The Balaban J connectivity index is 2.98. The van der Waals surface area contributed by atoms with Crippen LogP contribution in [0, 0.1) is 0 Å². The molecular weight excluding hydrogens is 311 g/mol. The van der Waals surface area contributed by atoms with Crippen LogP contribution in [0.4, 0.5) is 18.9 Å². The molecule has 0 radical (unpaired) electrons. The van der Waals surface area contributed by atoms with Crippen LogP contribution >= 0.6 is 15.9 Å². The first-order valence-corrected chi connectivity index (χ1v) is 6.33. The predicted octanol–water partition coefficient (Wildman–Crippen LogP) is 3.89. The van der Waals surface area contributed by atoms with Crippen molar-refractivity contribution in [1.29, 1.82) is 0 Å². The fourth-order valence-corrected chi connectivity index (χ4v) is 2.35. The second kappa shape index (κ2) is 5.93. The van der Waals surface area contributed by atoms with E-state index in [0.29, 0.717) is 15.7 Å². The van der Waals surface area contributed by atoms with Crippen LogP contribution in [0.5, 0.6) is 0 Å². The highest BCUT2D eigenvalue weighted by Gasteiger charge is 2.30. The summed E-state index contributed by atoms with van der Waals surface area (Å²) < 4.78 is 37.8. The minimum absolute atomic E-state index is 0.264. The lowest BCUT2D eigenvalue weighted by molar-refractivity contribution is -0.119. The van der Waals surface area contributed by atoms with Crippen LogP contribution in [0.25, 0.3) is 0 Å². The lowest BCUT2D eigenvalue weighted by Gasteiger charge is -2.25. The molecule has 1 aromatic rings. The molecule has 0 fully saturated rings. The number of anilines is 1. The minimum Gasteiger partial charge on any atom is -0.389 e. The number of halogens is 4. The van der Waals surface area contributed by atoms with Gasteiger partial charge in [-0.15, -0.1) is 0 Å². The van der Waals surface area contributed by atoms with Crippen LogP contribution < -0.4 is 4.90 Å². The maximum absolute atomic E-state index is 12.4. The zero-order valence-corrected chi connectivity index (χ0v) is 11.7. The molecule has 102 valence electrons.